The standard InChI is InChI=1S/C30H28O5/c1-4-19-33-25-15-11-22(12-16-25)29(23-13-17-26(18-14-23)34-20-5-2)27-9-7-8-10-28(27)30(32)35-21-24(31)6-3/h1-2,7-18,24,29,31H,6,19-21H2,3H3. The van der Waals surface area contributed by atoms with E-state index in [0.717, 1.165) is 16.7 Å². The Hall–Kier alpha value is -4.19. The summed E-state index contributed by atoms with van der Waals surface area (Å²) >= 11 is 0. The third-order valence-corrected chi connectivity index (χ3v) is 5.44. The van der Waals surface area contributed by atoms with Crippen molar-refractivity contribution >= 4 is 5.97 Å². The van der Waals surface area contributed by atoms with Gasteiger partial charge < -0.3 is 19.3 Å². The van der Waals surface area contributed by atoms with E-state index in [2.05, 4.69) is 11.8 Å². The molecule has 0 heterocycles. The van der Waals surface area contributed by atoms with E-state index < -0.39 is 12.1 Å². The van der Waals surface area contributed by atoms with Crippen LogP contribution in [-0.2, 0) is 4.74 Å². The van der Waals surface area contributed by atoms with E-state index in [4.69, 9.17) is 27.1 Å². The topological polar surface area (TPSA) is 65.0 Å². The number of esters is 1. The summed E-state index contributed by atoms with van der Waals surface area (Å²) in [4.78, 5) is 13.0. The first-order valence-electron chi connectivity index (χ1n) is 11.3. The second-order valence-electron chi connectivity index (χ2n) is 7.80. The van der Waals surface area contributed by atoms with Crippen molar-refractivity contribution in [3.8, 4) is 36.2 Å². The maximum absolute atomic E-state index is 13.0. The molecule has 0 amide bonds. The van der Waals surface area contributed by atoms with E-state index in [0.29, 0.717) is 23.5 Å². The van der Waals surface area contributed by atoms with E-state index in [1.165, 1.54) is 0 Å². The van der Waals surface area contributed by atoms with Gasteiger partial charge in [0.2, 0.25) is 0 Å². The van der Waals surface area contributed by atoms with E-state index in [1.54, 1.807) is 12.1 Å². The number of benzene rings is 3. The second-order valence-corrected chi connectivity index (χ2v) is 7.80. The Kier molecular flexibility index (Phi) is 9.37. The minimum Gasteiger partial charge on any atom is -0.481 e. The van der Waals surface area contributed by atoms with Crippen molar-refractivity contribution in [3.63, 3.8) is 0 Å². The van der Waals surface area contributed by atoms with Gasteiger partial charge in [-0.3, -0.25) is 0 Å². The number of aliphatic hydroxyl groups is 1. The molecule has 178 valence electrons. The van der Waals surface area contributed by atoms with Gasteiger partial charge in [-0.25, -0.2) is 4.79 Å². The maximum atomic E-state index is 13.0. The van der Waals surface area contributed by atoms with E-state index >= 15 is 0 Å². The van der Waals surface area contributed by atoms with Crippen molar-refractivity contribution in [3.05, 3.63) is 95.1 Å². The second kappa shape index (κ2) is 12.9. The summed E-state index contributed by atoms with van der Waals surface area (Å²) in [6.07, 6.45) is 10.4. The summed E-state index contributed by atoms with van der Waals surface area (Å²) in [7, 11) is 0. The number of terminal acetylenes is 2. The molecule has 0 aliphatic rings. The fourth-order valence-corrected chi connectivity index (χ4v) is 3.62. The summed E-state index contributed by atoms with van der Waals surface area (Å²) in [5.41, 5.74) is 3.10. The first kappa shape index (κ1) is 25.4. The zero-order valence-electron chi connectivity index (χ0n) is 19.6. The lowest BCUT2D eigenvalue weighted by Crippen LogP contribution is -2.19. The number of ether oxygens (including phenoxy) is 3. The van der Waals surface area contributed by atoms with Gasteiger partial charge in [-0.1, -0.05) is 61.2 Å². The third kappa shape index (κ3) is 6.90. The predicted octanol–water partition coefficient (Wildman–Crippen LogP) is 4.82. The van der Waals surface area contributed by atoms with Crippen LogP contribution < -0.4 is 9.47 Å². The van der Waals surface area contributed by atoms with Gasteiger partial charge in [0.25, 0.3) is 0 Å². The molecule has 0 saturated heterocycles. The molecule has 0 saturated carbocycles. The van der Waals surface area contributed by atoms with Crippen molar-refractivity contribution in [2.45, 2.75) is 25.4 Å². The van der Waals surface area contributed by atoms with Crippen molar-refractivity contribution < 1.29 is 24.1 Å². The van der Waals surface area contributed by atoms with Crippen LogP contribution in [0.2, 0.25) is 0 Å². The lowest BCUT2D eigenvalue weighted by Gasteiger charge is -2.22. The number of hydrogen-bond donors (Lipinski definition) is 1. The van der Waals surface area contributed by atoms with E-state index in [9.17, 15) is 9.90 Å². The zero-order chi connectivity index (χ0) is 25.0. The fraction of sp³-hybridized carbons (Fsp3) is 0.233. The van der Waals surface area contributed by atoms with Gasteiger partial charge in [-0.05, 0) is 53.4 Å². The van der Waals surface area contributed by atoms with Gasteiger partial charge in [0.05, 0.1) is 11.7 Å². The molecule has 5 nitrogen and oxygen atoms in total. The minimum absolute atomic E-state index is 0.0588. The Morgan fingerprint density at radius 1 is 0.857 bits per heavy atom. The molecule has 0 bridgehead atoms. The molecular weight excluding hydrogens is 440 g/mol. The lowest BCUT2D eigenvalue weighted by molar-refractivity contribution is 0.0249. The molecule has 1 atom stereocenters. The van der Waals surface area contributed by atoms with Crippen LogP contribution in [0.5, 0.6) is 11.5 Å². The molecule has 5 heteroatoms. The smallest absolute Gasteiger partial charge is 0.338 e. The molecule has 0 fully saturated rings. The normalized spacial score (nSPS) is 11.2. The average molecular weight is 469 g/mol. The van der Waals surface area contributed by atoms with Crippen LogP contribution in [0, 0.1) is 24.7 Å². The number of carbonyl (C=O) groups is 1. The third-order valence-electron chi connectivity index (χ3n) is 5.44. The van der Waals surface area contributed by atoms with Crippen LogP contribution in [0.15, 0.2) is 72.8 Å². The highest BCUT2D eigenvalue weighted by atomic mass is 16.5. The number of hydrogen-bond acceptors (Lipinski definition) is 5. The molecule has 3 aromatic carbocycles. The van der Waals surface area contributed by atoms with Crippen LogP contribution in [0.25, 0.3) is 0 Å². The van der Waals surface area contributed by atoms with Crippen molar-refractivity contribution in [2.24, 2.45) is 0 Å². The first-order valence-corrected chi connectivity index (χ1v) is 11.3. The van der Waals surface area contributed by atoms with Crippen molar-refractivity contribution in [2.75, 3.05) is 19.8 Å². The number of carbonyl (C=O) groups excluding carboxylic acids is 1. The van der Waals surface area contributed by atoms with Gasteiger partial charge in [-0.15, -0.1) is 12.8 Å². The number of aliphatic hydroxyl groups excluding tert-OH is 1. The highest BCUT2D eigenvalue weighted by Crippen LogP contribution is 2.36. The van der Waals surface area contributed by atoms with E-state index in [1.807, 2.05) is 67.6 Å². The molecule has 0 aliphatic carbocycles. The van der Waals surface area contributed by atoms with Crippen LogP contribution in [0.3, 0.4) is 0 Å². The van der Waals surface area contributed by atoms with Crippen LogP contribution in [-0.4, -0.2) is 37.0 Å². The quantitative estimate of drug-likeness (QED) is 0.248. The van der Waals surface area contributed by atoms with E-state index in [-0.39, 0.29) is 25.7 Å². The summed E-state index contributed by atoms with van der Waals surface area (Å²) in [6.45, 7) is 2.13. The summed E-state index contributed by atoms with van der Waals surface area (Å²) in [6, 6.07) is 22.5. The Morgan fingerprint density at radius 3 is 1.86 bits per heavy atom. The molecule has 3 aromatic rings. The molecule has 1 unspecified atom stereocenters. The van der Waals surface area contributed by atoms with Crippen molar-refractivity contribution in [1.29, 1.82) is 0 Å². The Morgan fingerprint density at radius 2 is 1.37 bits per heavy atom. The van der Waals surface area contributed by atoms with Gasteiger partial charge in [0.15, 0.2) is 0 Å². The lowest BCUT2D eigenvalue weighted by atomic mass is 9.83. The molecule has 0 aliphatic heterocycles. The Balaban J connectivity index is 2.02. The molecule has 3 rings (SSSR count). The van der Waals surface area contributed by atoms with Gasteiger partial charge in [0, 0.05) is 5.92 Å². The molecule has 0 radical (unpaired) electrons. The van der Waals surface area contributed by atoms with Crippen molar-refractivity contribution in [1.82, 2.24) is 0 Å². The molecule has 35 heavy (non-hydrogen) atoms. The van der Waals surface area contributed by atoms with Crippen LogP contribution in [0.4, 0.5) is 0 Å². The monoisotopic (exact) mass is 468 g/mol. The fourth-order valence-electron chi connectivity index (χ4n) is 3.62. The largest absolute Gasteiger partial charge is 0.481 e. The van der Waals surface area contributed by atoms with Crippen LogP contribution >= 0.6 is 0 Å². The summed E-state index contributed by atoms with van der Waals surface area (Å²) in [5.74, 6) is 5.46. The minimum atomic E-state index is -0.701. The van der Waals surface area contributed by atoms with Gasteiger partial charge in [-0.2, -0.15) is 0 Å². The molecular formula is C30H28O5. The molecule has 1 N–H and O–H groups in total. The SMILES string of the molecule is C#CCOc1ccc(C(c2ccc(OCC#C)cc2)c2ccccc2C(=O)OCC(O)CC)cc1. The molecule has 0 spiro atoms. The Bertz CT molecular complexity index is 1120. The number of rotatable bonds is 11. The highest BCUT2D eigenvalue weighted by molar-refractivity contribution is 5.91. The predicted molar refractivity (Wildman–Crippen MR) is 136 cm³/mol. The first-order chi connectivity index (χ1) is 17.1. The van der Waals surface area contributed by atoms with Gasteiger partial charge in [0.1, 0.15) is 31.3 Å². The van der Waals surface area contributed by atoms with Crippen LogP contribution in [0.1, 0.15) is 46.3 Å². The molecule has 0 aromatic heterocycles. The van der Waals surface area contributed by atoms with Gasteiger partial charge >= 0.3 is 5.97 Å². The highest BCUT2D eigenvalue weighted by Gasteiger charge is 2.24. The zero-order valence-corrected chi connectivity index (χ0v) is 19.6. The maximum Gasteiger partial charge on any atom is 0.338 e. The summed E-state index contributed by atoms with van der Waals surface area (Å²) < 4.78 is 16.4. The Labute approximate surface area is 206 Å². The average Bonchev–Trinajstić information content (AvgIpc) is 2.91. The summed E-state index contributed by atoms with van der Waals surface area (Å²) in [5, 5.41) is 9.84.